The molecule has 1 heterocycles. The molecule has 1 amide bonds. The van der Waals surface area contributed by atoms with E-state index in [9.17, 15) is 4.79 Å². The Bertz CT molecular complexity index is 924. The molecule has 0 aliphatic heterocycles. The molecule has 0 aliphatic rings. The second-order valence-electron chi connectivity index (χ2n) is 5.01. The van der Waals surface area contributed by atoms with Crippen LogP contribution in [0.4, 0.5) is 5.13 Å². The normalized spacial score (nSPS) is 10.7. The van der Waals surface area contributed by atoms with Gasteiger partial charge in [0.25, 0.3) is 5.91 Å². The van der Waals surface area contributed by atoms with Crippen LogP contribution in [0.1, 0.15) is 15.2 Å². The van der Waals surface area contributed by atoms with Gasteiger partial charge in [-0.25, -0.2) is 4.98 Å². The van der Waals surface area contributed by atoms with Crippen LogP contribution in [0.5, 0.6) is 0 Å². The van der Waals surface area contributed by atoms with Gasteiger partial charge < -0.3 is 0 Å². The van der Waals surface area contributed by atoms with E-state index in [4.69, 9.17) is 34.8 Å². The minimum absolute atomic E-state index is 0.295. The molecular weight excluding hydrogens is 387 g/mol. The van der Waals surface area contributed by atoms with Gasteiger partial charge in [0.1, 0.15) is 0 Å². The lowest BCUT2D eigenvalue weighted by Crippen LogP contribution is -2.12. The van der Waals surface area contributed by atoms with Crippen LogP contribution < -0.4 is 5.32 Å². The average molecular weight is 398 g/mol. The van der Waals surface area contributed by atoms with E-state index in [1.165, 1.54) is 17.4 Å². The third-order valence-corrected chi connectivity index (χ3v) is 4.96. The van der Waals surface area contributed by atoms with Gasteiger partial charge in [-0.3, -0.25) is 10.1 Å². The summed E-state index contributed by atoms with van der Waals surface area (Å²) in [6.45, 7) is 1.94. The van der Waals surface area contributed by atoms with E-state index in [1.807, 2.05) is 25.1 Å². The molecule has 0 saturated carbocycles. The molecule has 3 rings (SSSR count). The van der Waals surface area contributed by atoms with Crippen LogP contribution in [0, 0.1) is 6.92 Å². The number of aromatic nitrogens is 1. The highest BCUT2D eigenvalue weighted by Crippen LogP contribution is 2.32. The zero-order valence-electron chi connectivity index (χ0n) is 12.4. The number of hydrogen-bond donors (Lipinski definition) is 1. The molecule has 3 nitrogen and oxygen atoms in total. The van der Waals surface area contributed by atoms with Crippen molar-refractivity contribution in [1.29, 1.82) is 0 Å². The van der Waals surface area contributed by atoms with E-state index in [1.54, 1.807) is 18.2 Å². The topological polar surface area (TPSA) is 42.0 Å². The van der Waals surface area contributed by atoms with Crippen LogP contribution in [-0.4, -0.2) is 10.9 Å². The first kappa shape index (κ1) is 17.2. The Morgan fingerprint density at radius 2 is 1.83 bits per heavy atom. The van der Waals surface area contributed by atoms with Crippen LogP contribution in [0.15, 0.2) is 42.5 Å². The van der Waals surface area contributed by atoms with Gasteiger partial charge in [0.15, 0.2) is 5.13 Å². The van der Waals surface area contributed by atoms with E-state index in [0.29, 0.717) is 25.8 Å². The van der Waals surface area contributed by atoms with Gasteiger partial charge in [0.2, 0.25) is 0 Å². The smallest absolute Gasteiger partial charge is 0.258 e. The number of nitrogens with zero attached hydrogens (tertiary/aromatic N) is 1. The van der Waals surface area contributed by atoms with Crippen LogP contribution in [0.3, 0.4) is 0 Å². The number of halogens is 3. The molecule has 0 spiro atoms. The molecular formula is C17H11Cl3N2OS. The Balaban J connectivity index is 1.86. The van der Waals surface area contributed by atoms with Gasteiger partial charge in [-0.1, -0.05) is 46.9 Å². The number of hydrogen-bond acceptors (Lipinski definition) is 3. The van der Waals surface area contributed by atoms with E-state index >= 15 is 0 Å². The molecule has 1 N–H and O–H groups in total. The molecule has 0 bridgehead atoms. The quantitative estimate of drug-likeness (QED) is 0.561. The van der Waals surface area contributed by atoms with Crippen molar-refractivity contribution in [1.82, 2.24) is 4.98 Å². The molecule has 7 heteroatoms. The highest BCUT2D eigenvalue weighted by Gasteiger charge is 2.15. The lowest BCUT2D eigenvalue weighted by atomic mass is 10.1. The number of anilines is 1. The maximum Gasteiger partial charge on any atom is 0.258 e. The molecule has 1 aromatic heterocycles. The lowest BCUT2D eigenvalue weighted by Gasteiger charge is -2.04. The Hall–Kier alpha value is -1.59. The van der Waals surface area contributed by atoms with E-state index in [-0.39, 0.29) is 5.91 Å². The standard InChI is InChI=1S/C17H11Cl3N2OS/c1-9-15(10-3-2-4-11(18)7-10)21-17(24-9)22-16(23)13-6-5-12(19)8-14(13)20/h2-8H,1H3,(H,21,22,23). The Kier molecular flexibility index (Phi) is 5.11. The van der Waals surface area contributed by atoms with Gasteiger partial charge >= 0.3 is 0 Å². The Morgan fingerprint density at radius 1 is 1.08 bits per heavy atom. The molecule has 0 radical (unpaired) electrons. The Morgan fingerprint density at radius 3 is 2.54 bits per heavy atom. The molecule has 122 valence electrons. The van der Waals surface area contributed by atoms with Crippen molar-refractivity contribution in [3.05, 3.63) is 68.0 Å². The summed E-state index contributed by atoms with van der Waals surface area (Å²) < 4.78 is 0. The highest BCUT2D eigenvalue weighted by molar-refractivity contribution is 7.16. The maximum atomic E-state index is 12.4. The number of amides is 1. The second-order valence-corrected chi connectivity index (χ2v) is 7.50. The fraction of sp³-hybridized carbons (Fsp3) is 0.0588. The van der Waals surface area contributed by atoms with Crippen LogP contribution in [0.25, 0.3) is 11.3 Å². The van der Waals surface area contributed by atoms with Crippen molar-refractivity contribution in [3.63, 3.8) is 0 Å². The van der Waals surface area contributed by atoms with Crippen molar-refractivity contribution in [2.45, 2.75) is 6.92 Å². The highest BCUT2D eigenvalue weighted by atomic mass is 35.5. The van der Waals surface area contributed by atoms with Crippen LogP contribution in [-0.2, 0) is 0 Å². The number of carbonyl (C=O) groups excluding carboxylic acids is 1. The predicted octanol–water partition coefficient (Wildman–Crippen LogP) is 6.33. The SMILES string of the molecule is Cc1sc(NC(=O)c2ccc(Cl)cc2Cl)nc1-c1cccc(Cl)c1. The van der Waals surface area contributed by atoms with Crippen molar-refractivity contribution in [2.75, 3.05) is 5.32 Å². The van der Waals surface area contributed by atoms with E-state index < -0.39 is 0 Å². The monoisotopic (exact) mass is 396 g/mol. The third kappa shape index (κ3) is 3.73. The summed E-state index contributed by atoms with van der Waals surface area (Å²) in [5, 5.41) is 4.68. The summed E-state index contributed by atoms with van der Waals surface area (Å²) in [7, 11) is 0. The van der Waals surface area contributed by atoms with Crippen LogP contribution >= 0.6 is 46.1 Å². The summed E-state index contributed by atoms with van der Waals surface area (Å²) in [5.41, 5.74) is 2.04. The van der Waals surface area contributed by atoms with Gasteiger partial charge in [-0.15, -0.1) is 11.3 Å². The number of carbonyl (C=O) groups is 1. The van der Waals surface area contributed by atoms with E-state index in [2.05, 4.69) is 10.3 Å². The fourth-order valence-corrected chi connectivity index (χ4v) is 3.71. The first-order valence-corrected chi connectivity index (χ1v) is 8.89. The second kappa shape index (κ2) is 7.11. The zero-order chi connectivity index (χ0) is 17.3. The minimum atomic E-state index is -0.330. The number of aryl methyl sites for hydroxylation is 1. The van der Waals surface area contributed by atoms with Crippen molar-refractivity contribution in [3.8, 4) is 11.3 Å². The molecule has 0 unspecified atom stereocenters. The van der Waals surface area contributed by atoms with Gasteiger partial charge in [0, 0.05) is 20.5 Å². The Labute approximate surface area is 158 Å². The third-order valence-electron chi connectivity index (χ3n) is 3.29. The average Bonchev–Trinajstić information content (AvgIpc) is 2.87. The molecule has 3 aromatic rings. The molecule has 24 heavy (non-hydrogen) atoms. The van der Waals surface area contributed by atoms with Crippen molar-refractivity contribution < 1.29 is 4.79 Å². The summed E-state index contributed by atoms with van der Waals surface area (Å²) in [5.74, 6) is -0.330. The fourth-order valence-electron chi connectivity index (χ4n) is 2.19. The number of rotatable bonds is 3. The van der Waals surface area contributed by atoms with Crippen molar-refractivity contribution >= 4 is 57.2 Å². The molecule has 0 aliphatic carbocycles. The first-order valence-electron chi connectivity index (χ1n) is 6.94. The van der Waals surface area contributed by atoms with E-state index in [0.717, 1.165) is 16.1 Å². The van der Waals surface area contributed by atoms with Crippen molar-refractivity contribution in [2.24, 2.45) is 0 Å². The van der Waals surface area contributed by atoms with Gasteiger partial charge in [0.05, 0.1) is 16.3 Å². The van der Waals surface area contributed by atoms with Crippen LogP contribution in [0.2, 0.25) is 15.1 Å². The van der Waals surface area contributed by atoms with Gasteiger partial charge in [-0.05, 0) is 37.3 Å². The molecule has 0 atom stereocenters. The molecule has 0 fully saturated rings. The largest absolute Gasteiger partial charge is 0.298 e. The lowest BCUT2D eigenvalue weighted by molar-refractivity contribution is 0.102. The summed E-state index contributed by atoms with van der Waals surface area (Å²) >= 11 is 19.3. The molecule has 0 saturated heterocycles. The summed E-state index contributed by atoms with van der Waals surface area (Å²) in [6.07, 6.45) is 0. The maximum absolute atomic E-state index is 12.4. The number of thiazole rings is 1. The molecule has 2 aromatic carbocycles. The summed E-state index contributed by atoms with van der Waals surface area (Å²) in [6, 6.07) is 12.2. The zero-order valence-corrected chi connectivity index (χ0v) is 15.5. The van der Waals surface area contributed by atoms with Gasteiger partial charge in [-0.2, -0.15) is 0 Å². The summed E-state index contributed by atoms with van der Waals surface area (Å²) in [4.78, 5) is 17.8. The first-order chi connectivity index (χ1) is 11.4. The number of benzene rings is 2. The minimum Gasteiger partial charge on any atom is -0.298 e. The number of nitrogens with one attached hydrogen (secondary N) is 1. The predicted molar refractivity (Wildman–Crippen MR) is 102 cm³/mol.